The van der Waals surface area contributed by atoms with Crippen molar-refractivity contribution >= 4 is 45.6 Å². The molecule has 0 aliphatic carbocycles. The fraction of sp³-hybridized carbons (Fsp3) is 0.115. The van der Waals surface area contributed by atoms with Gasteiger partial charge in [0.05, 0.1) is 22.4 Å². The Morgan fingerprint density at radius 1 is 1.03 bits per heavy atom. The van der Waals surface area contributed by atoms with Crippen LogP contribution in [0.25, 0.3) is 16.6 Å². The number of aromatic carboxylic acids is 1. The number of aromatic nitrogens is 1. The molecule has 172 valence electrons. The third-order valence-electron chi connectivity index (χ3n) is 5.63. The summed E-state index contributed by atoms with van der Waals surface area (Å²) in [5.41, 5.74) is 7.82. The number of nitrogens with one attached hydrogen (secondary N) is 1. The molecular formula is C26H24N4O3S. The highest BCUT2D eigenvalue weighted by atomic mass is 32.1. The Balaban J connectivity index is 1.63. The van der Waals surface area contributed by atoms with Gasteiger partial charge in [-0.05, 0) is 68.5 Å². The maximum Gasteiger partial charge on any atom is 0.335 e. The summed E-state index contributed by atoms with van der Waals surface area (Å²) < 4.78 is 1.80. The fourth-order valence-corrected chi connectivity index (χ4v) is 3.90. The van der Waals surface area contributed by atoms with Crippen molar-refractivity contribution in [3.05, 3.63) is 89.5 Å². The third-order valence-corrected chi connectivity index (χ3v) is 5.99. The molecule has 4 rings (SSSR count). The van der Waals surface area contributed by atoms with Crippen molar-refractivity contribution in [1.82, 2.24) is 9.99 Å². The summed E-state index contributed by atoms with van der Waals surface area (Å²) in [6.45, 7) is 3.82. The first-order valence-electron chi connectivity index (χ1n) is 10.6. The van der Waals surface area contributed by atoms with Crippen LogP contribution in [0.3, 0.4) is 0 Å². The van der Waals surface area contributed by atoms with E-state index in [-0.39, 0.29) is 11.4 Å². The number of nitrogens with zero attached hydrogens (tertiary/aromatic N) is 3. The first-order chi connectivity index (χ1) is 16.3. The van der Waals surface area contributed by atoms with Gasteiger partial charge in [0, 0.05) is 23.8 Å². The largest absolute Gasteiger partial charge is 0.494 e. The zero-order valence-electron chi connectivity index (χ0n) is 19.0. The van der Waals surface area contributed by atoms with Gasteiger partial charge in [-0.25, -0.2) is 4.79 Å². The van der Waals surface area contributed by atoms with Gasteiger partial charge in [0.15, 0.2) is 5.11 Å². The number of aryl methyl sites for hydroxylation is 1. The van der Waals surface area contributed by atoms with Crippen molar-refractivity contribution in [2.75, 3.05) is 11.9 Å². The van der Waals surface area contributed by atoms with Gasteiger partial charge in [-0.1, -0.05) is 35.9 Å². The molecule has 8 heteroatoms. The van der Waals surface area contributed by atoms with E-state index in [1.54, 1.807) is 35.6 Å². The molecule has 0 aliphatic rings. The predicted octanol–water partition coefficient (Wildman–Crippen LogP) is 5.08. The molecule has 0 saturated carbocycles. The Kier molecular flexibility index (Phi) is 6.34. The number of anilines is 1. The maximum absolute atomic E-state index is 11.2. The monoisotopic (exact) mass is 472 g/mol. The molecule has 4 aromatic rings. The van der Waals surface area contributed by atoms with Gasteiger partial charge in [0.2, 0.25) is 5.88 Å². The number of carboxylic acids is 1. The number of benzene rings is 3. The molecule has 0 unspecified atom stereocenters. The van der Waals surface area contributed by atoms with E-state index in [0.29, 0.717) is 22.1 Å². The van der Waals surface area contributed by atoms with Crippen LogP contribution in [-0.2, 0) is 0 Å². The van der Waals surface area contributed by atoms with Crippen LogP contribution in [0, 0.1) is 6.92 Å². The van der Waals surface area contributed by atoms with Gasteiger partial charge in [0.25, 0.3) is 0 Å². The van der Waals surface area contributed by atoms with E-state index in [9.17, 15) is 9.90 Å². The molecule has 1 aromatic heterocycles. The quantitative estimate of drug-likeness (QED) is 0.213. The van der Waals surface area contributed by atoms with E-state index in [1.807, 2.05) is 55.5 Å². The van der Waals surface area contributed by atoms with Gasteiger partial charge in [-0.2, -0.15) is 5.10 Å². The van der Waals surface area contributed by atoms with Crippen LogP contribution in [0.1, 0.15) is 28.4 Å². The number of hydrogen-bond donors (Lipinski definition) is 3. The van der Waals surface area contributed by atoms with Crippen molar-refractivity contribution in [3.63, 3.8) is 0 Å². The lowest BCUT2D eigenvalue weighted by Crippen LogP contribution is -2.34. The zero-order chi connectivity index (χ0) is 24.4. The standard InChI is InChI=1S/C26H24N4O3S/c1-16-8-12-20(13-9-16)30-22-7-5-4-6-21(22)23(24(30)31)17(2)27-28-26(34)29(3)19-14-10-18(11-15-19)25(32)33/h4-15,31H,1-3H3,(H,28,34)(H,32,33)/b27-17+. The smallest absolute Gasteiger partial charge is 0.335 e. The van der Waals surface area contributed by atoms with Crippen LogP contribution >= 0.6 is 12.2 Å². The third kappa shape index (κ3) is 4.35. The number of hydrogen-bond acceptors (Lipinski definition) is 4. The topological polar surface area (TPSA) is 90.1 Å². The minimum atomic E-state index is -0.986. The first-order valence-corrected chi connectivity index (χ1v) is 11.0. The molecule has 0 amide bonds. The summed E-state index contributed by atoms with van der Waals surface area (Å²) in [6, 6.07) is 22.1. The SMILES string of the molecule is C/C(=N\NC(=S)N(C)c1ccc(C(=O)O)cc1)c1c(O)n(-c2ccc(C)cc2)c2ccccc12. The van der Waals surface area contributed by atoms with E-state index in [2.05, 4.69) is 10.5 Å². The van der Waals surface area contributed by atoms with E-state index in [1.165, 1.54) is 12.1 Å². The molecule has 3 aromatic carbocycles. The number of aromatic hydroxyl groups is 1. The van der Waals surface area contributed by atoms with Crippen LogP contribution in [0.5, 0.6) is 5.88 Å². The molecule has 0 aliphatic heterocycles. The summed E-state index contributed by atoms with van der Waals surface area (Å²) >= 11 is 5.46. The number of carbonyl (C=O) groups is 1. The van der Waals surface area contributed by atoms with Crippen molar-refractivity contribution < 1.29 is 15.0 Å². The molecule has 0 fully saturated rings. The Labute approximate surface area is 202 Å². The van der Waals surface area contributed by atoms with E-state index in [4.69, 9.17) is 17.3 Å². The number of carboxylic acid groups (broad SMARTS) is 1. The summed E-state index contributed by atoms with van der Waals surface area (Å²) in [5, 5.41) is 25.9. The highest BCUT2D eigenvalue weighted by molar-refractivity contribution is 7.80. The van der Waals surface area contributed by atoms with Crippen LogP contribution in [0.15, 0.2) is 77.9 Å². The van der Waals surface area contributed by atoms with Gasteiger partial charge in [-0.15, -0.1) is 0 Å². The zero-order valence-corrected chi connectivity index (χ0v) is 19.8. The number of hydrazone groups is 1. The Morgan fingerprint density at radius 2 is 1.68 bits per heavy atom. The predicted molar refractivity (Wildman–Crippen MR) is 139 cm³/mol. The molecular weight excluding hydrogens is 448 g/mol. The summed E-state index contributed by atoms with van der Waals surface area (Å²) in [5.74, 6) is -0.892. The van der Waals surface area contributed by atoms with E-state index >= 15 is 0 Å². The Morgan fingerprint density at radius 3 is 2.32 bits per heavy atom. The fourth-order valence-electron chi connectivity index (χ4n) is 3.75. The summed E-state index contributed by atoms with van der Waals surface area (Å²) in [4.78, 5) is 12.8. The van der Waals surface area contributed by atoms with E-state index < -0.39 is 5.97 Å². The average molecular weight is 473 g/mol. The lowest BCUT2D eigenvalue weighted by Gasteiger charge is -2.19. The molecule has 34 heavy (non-hydrogen) atoms. The number of para-hydroxylation sites is 1. The van der Waals surface area contributed by atoms with E-state index in [0.717, 1.165) is 22.2 Å². The van der Waals surface area contributed by atoms with Crippen molar-refractivity contribution in [2.24, 2.45) is 5.10 Å². The lowest BCUT2D eigenvalue weighted by atomic mass is 10.1. The van der Waals surface area contributed by atoms with Crippen molar-refractivity contribution in [3.8, 4) is 11.6 Å². The molecule has 3 N–H and O–H groups in total. The Hall–Kier alpha value is -4.17. The summed E-state index contributed by atoms with van der Waals surface area (Å²) in [7, 11) is 1.76. The molecule has 7 nitrogen and oxygen atoms in total. The second kappa shape index (κ2) is 9.36. The van der Waals surface area contributed by atoms with Crippen LogP contribution in [0.4, 0.5) is 5.69 Å². The average Bonchev–Trinajstić information content (AvgIpc) is 3.14. The minimum Gasteiger partial charge on any atom is -0.494 e. The number of fused-ring (bicyclic) bond motifs is 1. The second-order valence-corrected chi connectivity index (χ2v) is 8.30. The van der Waals surface area contributed by atoms with Gasteiger partial charge in [0.1, 0.15) is 0 Å². The molecule has 0 saturated heterocycles. The molecule has 0 bridgehead atoms. The highest BCUT2D eigenvalue weighted by Gasteiger charge is 2.20. The molecule has 0 atom stereocenters. The maximum atomic E-state index is 11.2. The highest BCUT2D eigenvalue weighted by Crippen LogP contribution is 2.34. The minimum absolute atomic E-state index is 0.0941. The lowest BCUT2D eigenvalue weighted by molar-refractivity contribution is 0.0697. The molecule has 1 heterocycles. The second-order valence-electron chi connectivity index (χ2n) is 7.91. The van der Waals surface area contributed by atoms with Crippen LogP contribution < -0.4 is 10.3 Å². The number of rotatable bonds is 5. The molecule has 0 spiro atoms. The van der Waals surface area contributed by atoms with Crippen molar-refractivity contribution in [2.45, 2.75) is 13.8 Å². The Bertz CT molecular complexity index is 1410. The first kappa shape index (κ1) is 23.0. The van der Waals surface area contributed by atoms with Gasteiger partial charge < -0.3 is 15.1 Å². The van der Waals surface area contributed by atoms with Crippen LogP contribution in [0.2, 0.25) is 0 Å². The van der Waals surface area contributed by atoms with Crippen molar-refractivity contribution in [1.29, 1.82) is 0 Å². The summed E-state index contributed by atoms with van der Waals surface area (Å²) in [6.07, 6.45) is 0. The van der Waals surface area contributed by atoms with Gasteiger partial charge >= 0.3 is 5.97 Å². The number of thiocarbonyl (C=S) groups is 1. The van der Waals surface area contributed by atoms with Gasteiger partial charge in [-0.3, -0.25) is 9.99 Å². The molecule has 0 radical (unpaired) electrons. The normalized spacial score (nSPS) is 11.4. The van der Waals surface area contributed by atoms with Crippen LogP contribution in [-0.4, -0.2) is 38.6 Å².